The monoisotopic (exact) mass is 240 g/mol. The van der Waals surface area contributed by atoms with Crippen LogP contribution in [0.2, 0.25) is 0 Å². The quantitative estimate of drug-likeness (QED) is 0.488. The SMILES string of the molecule is CCOC(=O)C(O)(CC)Sc1ccccc1. The minimum Gasteiger partial charge on any atom is -0.463 e. The van der Waals surface area contributed by atoms with Crippen LogP contribution in [0.1, 0.15) is 20.3 Å². The molecule has 1 atom stereocenters. The lowest BCUT2D eigenvalue weighted by molar-refractivity contribution is -0.156. The molecule has 0 radical (unpaired) electrons. The van der Waals surface area contributed by atoms with E-state index >= 15 is 0 Å². The molecule has 1 N–H and O–H groups in total. The minimum atomic E-state index is -1.49. The van der Waals surface area contributed by atoms with E-state index in [9.17, 15) is 9.90 Å². The van der Waals surface area contributed by atoms with Gasteiger partial charge in [0.25, 0.3) is 0 Å². The van der Waals surface area contributed by atoms with Crippen molar-refractivity contribution in [3.63, 3.8) is 0 Å². The van der Waals surface area contributed by atoms with E-state index in [1.165, 1.54) is 0 Å². The van der Waals surface area contributed by atoms with Gasteiger partial charge in [0.05, 0.1) is 6.61 Å². The molecule has 0 bridgehead atoms. The van der Waals surface area contributed by atoms with Crippen LogP contribution in [0, 0.1) is 0 Å². The molecule has 0 heterocycles. The van der Waals surface area contributed by atoms with Crippen molar-refractivity contribution in [3.8, 4) is 0 Å². The Hall–Kier alpha value is -1.00. The lowest BCUT2D eigenvalue weighted by Gasteiger charge is -2.23. The van der Waals surface area contributed by atoms with Gasteiger partial charge in [-0.15, -0.1) is 0 Å². The maximum absolute atomic E-state index is 11.6. The second-order valence-corrected chi connectivity index (χ2v) is 4.62. The fourth-order valence-corrected chi connectivity index (χ4v) is 2.16. The van der Waals surface area contributed by atoms with Crippen LogP contribution in [0.15, 0.2) is 35.2 Å². The van der Waals surface area contributed by atoms with Gasteiger partial charge in [0.1, 0.15) is 0 Å². The first-order valence-electron chi connectivity index (χ1n) is 5.26. The van der Waals surface area contributed by atoms with Crippen molar-refractivity contribution in [2.75, 3.05) is 6.61 Å². The Labute approximate surface area is 99.8 Å². The molecule has 1 aromatic rings. The Kier molecular flexibility index (Phi) is 4.83. The summed E-state index contributed by atoms with van der Waals surface area (Å²) < 4.78 is 4.86. The molecule has 1 aromatic carbocycles. The summed E-state index contributed by atoms with van der Waals surface area (Å²) in [5.41, 5.74) is 0. The highest BCUT2D eigenvalue weighted by Crippen LogP contribution is 2.34. The molecule has 1 unspecified atom stereocenters. The summed E-state index contributed by atoms with van der Waals surface area (Å²) in [5.74, 6) is -0.577. The maximum Gasteiger partial charge on any atom is 0.349 e. The molecule has 4 heteroatoms. The van der Waals surface area contributed by atoms with E-state index in [1.54, 1.807) is 13.8 Å². The summed E-state index contributed by atoms with van der Waals surface area (Å²) in [6.07, 6.45) is 0.311. The molecular weight excluding hydrogens is 224 g/mol. The number of hydrogen-bond donors (Lipinski definition) is 1. The van der Waals surface area contributed by atoms with Crippen molar-refractivity contribution in [1.82, 2.24) is 0 Å². The highest BCUT2D eigenvalue weighted by Gasteiger charge is 2.36. The highest BCUT2D eigenvalue weighted by atomic mass is 32.2. The van der Waals surface area contributed by atoms with Crippen molar-refractivity contribution in [2.45, 2.75) is 30.1 Å². The molecule has 16 heavy (non-hydrogen) atoms. The number of carbonyl (C=O) groups excluding carboxylic acids is 1. The molecule has 0 amide bonds. The first kappa shape index (κ1) is 13.1. The molecule has 0 saturated heterocycles. The molecule has 3 nitrogen and oxygen atoms in total. The third-order valence-electron chi connectivity index (χ3n) is 2.10. The number of esters is 1. The Morgan fingerprint density at radius 3 is 2.50 bits per heavy atom. The summed E-state index contributed by atoms with van der Waals surface area (Å²) >= 11 is 1.12. The first-order chi connectivity index (χ1) is 7.62. The fraction of sp³-hybridized carbons (Fsp3) is 0.417. The van der Waals surface area contributed by atoms with Gasteiger partial charge in [-0.2, -0.15) is 0 Å². The van der Waals surface area contributed by atoms with Gasteiger partial charge in [0, 0.05) is 4.90 Å². The third-order valence-corrected chi connectivity index (χ3v) is 3.40. The molecule has 0 aliphatic rings. The van der Waals surface area contributed by atoms with E-state index in [2.05, 4.69) is 0 Å². The van der Waals surface area contributed by atoms with Crippen molar-refractivity contribution < 1.29 is 14.6 Å². The molecule has 0 aromatic heterocycles. The molecule has 0 aliphatic carbocycles. The molecule has 0 aliphatic heterocycles. The third kappa shape index (κ3) is 3.25. The summed E-state index contributed by atoms with van der Waals surface area (Å²) in [7, 11) is 0. The largest absolute Gasteiger partial charge is 0.463 e. The predicted molar refractivity (Wildman–Crippen MR) is 64.2 cm³/mol. The van der Waals surface area contributed by atoms with Crippen LogP contribution < -0.4 is 0 Å². The van der Waals surface area contributed by atoms with E-state index in [-0.39, 0.29) is 6.61 Å². The summed E-state index contributed by atoms with van der Waals surface area (Å²) in [6, 6.07) is 9.32. The van der Waals surface area contributed by atoms with Crippen molar-refractivity contribution >= 4 is 17.7 Å². The molecule has 1 rings (SSSR count). The molecule has 88 valence electrons. The molecule has 0 fully saturated rings. The lowest BCUT2D eigenvalue weighted by Crippen LogP contribution is -2.35. The normalized spacial score (nSPS) is 14.2. The van der Waals surface area contributed by atoms with Crippen LogP contribution in [0.3, 0.4) is 0 Å². The van der Waals surface area contributed by atoms with E-state index in [0.29, 0.717) is 6.42 Å². The Morgan fingerprint density at radius 2 is 2.00 bits per heavy atom. The standard InChI is InChI=1S/C12H16O3S/c1-3-12(14,11(13)15-4-2)16-10-8-6-5-7-9-10/h5-9,14H,3-4H2,1-2H3. The summed E-state index contributed by atoms with van der Waals surface area (Å²) in [6.45, 7) is 3.75. The van der Waals surface area contributed by atoms with Crippen LogP contribution in [-0.4, -0.2) is 22.6 Å². The van der Waals surface area contributed by atoms with Crippen LogP contribution in [0.5, 0.6) is 0 Å². The van der Waals surface area contributed by atoms with Gasteiger partial charge in [0.2, 0.25) is 4.93 Å². The number of carbonyl (C=O) groups is 1. The zero-order chi connectivity index (χ0) is 12.0. The van der Waals surface area contributed by atoms with E-state index in [1.807, 2.05) is 30.3 Å². The van der Waals surface area contributed by atoms with Gasteiger partial charge in [-0.1, -0.05) is 36.9 Å². The van der Waals surface area contributed by atoms with Crippen LogP contribution in [0.4, 0.5) is 0 Å². The van der Waals surface area contributed by atoms with Gasteiger partial charge in [-0.25, -0.2) is 4.79 Å². The average Bonchev–Trinajstić information content (AvgIpc) is 2.30. The second-order valence-electron chi connectivity index (χ2n) is 3.27. The van der Waals surface area contributed by atoms with Crippen LogP contribution >= 0.6 is 11.8 Å². The van der Waals surface area contributed by atoms with E-state index < -0.39 is 10.9 Å². The van der Waals surface area contributed by atoms with Crippen molar-refractivity contribution in [1.29, 1.82) is 0 Å². The minimum absolute atomic E-state index is 0.274. The summed E-state index contributed by atoms with van der Waals surface area (Å²) in [5, 5.41) is 10.2. The summed E-state index contributed by atoms with van der Waals surface area (Å²) in [4.78, 5) is 11.0. The maximum atomic E-state index is 11.6. The van der Waals surface area contributed by atoms with Gasteiger partial charge in [0.15, 0.2) is 0 Å². The fourth-order valence-electron chi connectivity index (χ4n) is 1.19. The lowest BCUT2D eigenvalue weighted by atomic mass is 10.3. The van der Waals surface area contributed by atoms with E-state index in [0.717, 1.165) is 16.7 Å². The zero-order valence-corrected chi connectivity index (χ0v) is 10.3. The number of benzene rings is 1. The van der Waals surface area contributed by atoms with Gasteiger partial charge < -0.3 is 9.84 Å². The second kappa shape index (κ2) is 5.92. The topological polar surface area (TPSA) is 46.5 Å². The zero-order valence-electron chi connectivity index (χ0n) is 9.47. The van der Waals surface area contributed by atoms with Crippen LogP contribution in [-0.2, 0) is 9.53 Å². The molecular formula is C12H16O3S. The smallest absolute Gasteiger partial charge is 0.349 e. The van der Waals surface area contributed by atoms with E-state index in [4.69, 9.17) is 4.74 Å². The van der Waals surface area contributed by atoms with Gasteiger partial charge in [-0.3, -0.25) is 0 Å². The van der Waals surface area contributed by atoms with Crippen LogP contribution in [0.25, 0.3) is 0 Å². The Balaban J connectivity index is 2.78. The van der Waals surface area contributed by atoms with Gasteiger partial charge in [-0.05, 0) is 25.5 Å². The number of thioether (sulfide) groups is 1. The first-order valence-corrected chi connectivity index (χ1v) is 6.07. The Bertz CT molecular complexity index is 339. The number of rotatable bonds is 5. The average molecular weight is 240 g/mol. The number of hydrogen-bond acceptors (Lipinski definition) is 4. The van der Waals surface area contributed by atoms with Crippen molar-refractivity contribution in [2.24, 2.45) is 0 Å². The van der Waals surface area contributed by atoms with Crippen molar-refractivity contribution in [3.05, 3.63) is 30.3 Å². The predicted octanol–water partition coefficient (Wildman–Crippen LogP) is 2.44. The van der Waals surface area contributed by atoms with Gasteiger partial charge >= 0.3 is 5.97 Å². The molecule has 0 spiro atoms. The Morgan fingerprint density at radius 1 is 1.38 bits per heavy atom. The number of ether oxygens (including phenoxy) is 1. The molecule has 0 saturated carbocycles. The highest BCUT2D eigenvalue weighted by molar-refractivity contribution is 8.01. The number of aliphatic hydroxyl groups is 1.